The highest BCUT2D eigenvalue weighted by Gasteiger charge is 2.14. The molecule has 0 aliphatic heterocycles. The van der Waals surface area contributed by atoms with Gasteiger partial charge in [-0.2, -0.15) is 0 Å². The van der Waals surface area contributed by atoms with Gasteiger partial charge in [-0.3, -0.25) is 4.57 Å². The SMILES string of the molecule is C=CCn1c(SCc2cccc3ccccc23)nnc1-c1cccc(OC)c1. The summed E-state index contributed by atoms with van der Waals surface area (Å²) >= 11 is 1.69. The standard InChI is InChI=1S/C23H21N3OS/c1-3-14-26-22(18-10-7-12-20(15-18)27-2)24-25-23(26)28-16-19-11-6-9-17-8-4-5-13-21(17)19/h3-13,15H,1,14,16H2,2H3. The van der Waals surface area contributed by atoms with Crippen LogP contribution >= 0.6 is 11.8 Å². The van der Waals surface area contributed by atoms with Crippen LogP contribution in [0, 0.1) is 0 Å². The molecule has 140 valence electrons. The average Bonchev–Trinajstić information content (AvgIpc) is 3.15. The number of benzene rings is 3. The van der Waals surface area contributed by atoms with Gasteiger partial charge in [-0.25, -0.2) is 0 Å². The zero-order chi connectivity index (χ0) is 19.3. The van der Waals surface area contributed by atoms with Gasteiger partial charge in [0.2, 0.25) is 0 Å². The second-order valence-corrected chi connectivity index (χ2v) is 7.31. The van der Waals surface area contributed by atoms with Crippen molar-refractivity contribution in [2.75, 3.05) is 7.11 Å². The van der Waals surface area contributed by atoms with Gasteiger partial charge in [-0.05, 0) is 28.5 Å². The van der Waals surface area contributed by atoms with Gasteiger partial charge >= 0.3 is 0 Å². The molecule has 0 saturated carbocycles. The Labute approximate surface area is 168 Å². The fraction of sp³-hybridized carbons (Fsp3) is 0.130. The van der Waals surface area contributed by atoms with E-state index in [-0.39, 0.29) is 0 Å². The van der Waals surface area contributed by atoms with E-state index in [2.05, 4.69) is 63.8 Å². The number of hydrogen-bond donors (Lipinski definition) is 0. The third-order valence-corrected chi connectivity index (χ3v) is 5.61. The summed E-state index contributed by atoms with van der Waals surface area (Å²) < 4.78 is 7.44. The van der Waals surface area contributed by atoms with Crippen LogP contribution in [0.4, 0.5) is 0 Å². The first-order valence-electron chi connectivity index (χ1n) is 9.08. The third-order valence-electron chi connectivity index (χ3n) is 4.59. The number of hydrogen-bond acceptors (Lipinski definition) is 4. The van der Waals surface area contributed by atoms with Crippen molar-refractivity contribution in [2.24, 2.45) is 0 Å². The van der Waals surface area contributed by atoms with Crippen molar-refractivity contribution in [3.63, 3.8) is 0 Å². The van der Waals surface area contributed by atoms with Crippen molar-refractivity contribution < 1.29 is 4.74 Å². The van der Waals surface area contributed by atoms with Crippen LogP contribution in [-0.4, -0.2) is 21.9 Å². The summed E-state index contributed by atoms with van der Waals surface area (Å²) in [6.45, 7) is 4.54. The first kappa shape index (κ1) is 18.3. The lowest BCUT2D eigenvalue weighted by molar-refractivity contribution is 0.415. The molecule has 0 aliphatic carbocycles. The fourth-order valence-corrected chi connectivity index (χ4v) is 4.18. The van der Waals surface area contributed by atoms with E-state index in [4.69, 9.17) is 4.74 Å². The maximum atomic E-state index is 5.35. The van der Waals surface area contributed by atoms with E-state index in [1.165, 1.54) is 16.3 Å². The molecule has 0 amide bonds. The Kier molecular flexibility index (Phi) is 5.44. The van der Waals surface area contributed by atoms with Crippen molar-refractivity contribution >= 4 is 22.5 Å². The minimum absolute atomic E-state index is 0.650. The summed E-state index contributed by atoms with van der Waals surface area (Å²) in [5.41, 5.74) is 2.27. The summed E-state index contributed by atoms with van der Waals surface area (Å²) in [6, 6.07) is 22.8. The lowest BCUT2D eigenvalue weighted by atomic mass is 10.1. The maximum absolute atomic E-state index is 5.35. The van der Waals surface area contributed by atoms with Crippen LogP contribution in [-0.2, 0) is 12.3 Å². The maximum Gasteiger partial charge on any atom is 0.192 e. The number of methoxy groups -OCH3 is 1. The van der Waals surface area contributed by atoms with Crippen molar-refractivity contribution in [2.45, 2.75) is 17.5 Å². The Morgan fingerprint density at radius 1 is 1.04 bits per heavy atom. The highest BCUT2D eigenvalue weighted by Crippen LogP contribution is 2.30. The number of aromatic nitrogens is 3. The zero-order valence-electron chi connectivity index (χ0n) is 15.7. The molecule has 5 heteroatoms. The summed E-state index contributed by atoms with van der Waals surface area (Å²) in [4.78, 5) is 0. The first-order chi connectivity index (χ1) is 13.8. The van der Waals surface area contributed by atoms with Gasteiger partial charge < -0.3 is 4.74 Å². The van der Waals surface area contributed by atoms with Gasteiger partial charge in [-0.1, -0.05) is 72.4 Å². The minimum atomic E-state index is 0.650. The molecule has 3 aromatic carbocycles. The monoisotopic (exact) mass is 387 g/mol. The quantitative estimate of drug-likeness (QED) is 0.306. The molecule has 4 nitrogen and oxygen atoms in total. The van der Waals surface area contributed by atoms with Crippen LogP contribution in [0.2, 0.25) is 0 Å². The van der Waals surface area contributed by atoms with E-state index in [0.29, 0.717) is 6.54 Å². The molecule has 0 fully saturated rings. The summed E-state index contributed by atoms with van der Waals surface area (Å²) in [6.07, 6.45) is 1.87. The predicted octanol–water partition coefficient (Wildman–Crippen LogP) is 5.59. The Balaban J connectivity index is 1.64. The van der Waals surface area contributed by atoms with E-state index < -0.39 is 0 Å². The first-order valence-corrected chi connectivity index (χ1v) is 10.1. The van der Waals surface area contributed by atoms with Crippen molar-refractivity contribution in [3.8, 4) is 17.1 Å². The van der Waals surface area contributed by atoms with Gasteiger partial charge in [0.25, 0.3) is 0 Å². The van der Waals surface area contributed by atoms with Gasteiger partial charge in [-0.15, -0.1) is 16.8 Å². The molecular formula is C23H21N3OS. The number of thioether (sulfide) groups is 1. The number of allylic oxidation sites excluding steroid dienone is 1. The smallest absolute Gasteiger partial charge is 0.192 e. The Bertz CT molecular complexity index is 1110. The molecule has 0 unspecified atom stereocenters. The van der Waals surface area contributed by atoms with Gasteiger partial charge in [0.15, 0.2) is 11.0 Å². The minimum Gasteiger partial charge on any atom is -0.497 e. The van der Waals surface area contributed by atoms with Crippen LogP contribution in [0.25, 0.3) is 22.2 Å². The van der Waals surface area contributed by atoms with Crippen molar-refractivity contribution in [1.29, 1.82) is 0 Å². The molecule has 0 bridgehead atoms. The molecule has 0 spiro atoms. The summed E-state index contributed by atoms with van der Waals surface area (Å²) in [5.74, 6) is 2.45. The van der Waals surface area contributed by atoms with Crippen LogP contribution in [0.5, 0.6) is 5.75 Å². The van der Waals surface area contributed by atoms with Crippen molar-refractivity contribution in [3.05, 3.63) is 84.9 Å². The lowest BCUT2D eigenvalue weighted by Crippen LogP contribution is -2.01. The number of rotatable bonds is 7. The van der Waals surface area contributed by atoms with Crippen molar-refractivity contribution in [1.82, 2.24) is 14.8 Å². The number of ether oxygens (including phenoxy) is 1. The molecule has 1 heterocycles. The van der Waals surface area contributed by atoms with Gasteiger partial charge in [0, 0.05) is 17.9 Å². The molecule has 0 N–H and O–H groups in total. The van der Waals surface area contributed by atoms with Gasteiger partial charge in [0.1, 0.15) is 5.75 Å². The van der Waals surface area contributed by atoms with E-state index in [9.17, 15) is 0 Å². The highest BCUT2D eigenvalue weighted by atomic mass is 32.2. The molecule has 0 radical (unpaired) electrons. The lowest BCUT2D eigenvalue weighted by Gasteiger charge is -2.10. The van der Waals surface area contributed by atoms with E-state index >= 15 is 0 Å². The third kappa shape index (κ3) is 3.66. The number of nitrogens with zero attached hydrogens (tertiary/aromatic N) is 3. The molecule has 28 heavy (non-hydrogen) atoms. The largest absolute Gasteiger partial charge is 0.497 e. The molecular weight excluding hydrogens is 366 g/mol. The summed E-state index contributed by atoms with van der Waals surface area (Å²) in [5, 5.41) is 12.3. The van der Waals surface area contributed by atoms with E-state index in [1.54, 1.807) is 18.9 Å². The molecule has 4 rings (SSSR count). The second-order valence-electron chi connectivity index (χ2n) is 6.36. The van der Waals surface area contributed by atoms with Crippen LogP contribution in [0.3, 0.4) is 0 Å². The molecule has 0 saturated heterocycles. The van der Waals surface area contributed by atoms with Crippen LogP contribution < -0.4 is 4.74 Å². The Morgan fingerprint density at radius 2 is 1.86 bits per heavy atom. The molecule has 0 aliphatic rings. The molecule has 1 aromatic heterocycles. The number of fused-ring (bicyclic) bond motifs is 1. The molecule has 0 atom stereocenters. The second kappa shape index (κ2) is 8.31. The zero-order valence-corrected chi connectivity index (χ0v) is 16.5. The van der Waals surface area contributed by atoms with Gasteiger partial charge in [0.05, 0.1) is 7.11 Å². The van der Waals surface area contributed by atoms with Crippen LogP contribution in [0.15, 0.2) is 84.5 Å². The predicted molar refractivity (Wildman–Crippen MR) is 116 cm³/mol. The summed E-state index contributed by atoms with van der Waals surface area (Å²) in [7, 11) is 1.67. The van der Waals surface area contributed by atoms with Crippen LogP contribution in [0.1, 0.15) is 5.56 Å². The normalized spacial score (nSPS) is 10.9. The average molecular weight is 388 g/mol. The topological polar surface area (TPSA) is 39.9 Å². The van der Waals surface area contributed by atoms with E-state index in [0.717, 1.165) is 28.0 Å². The molecule has 4 aromatic rings. The highest BCUT2D eigenvalue weighted by molar-refractivity contribution is 7.98. The fourth-order valence-electron chi connectivity index (χ4n) is 3.23. The Hall–Kier alpha value is -3.05. The van der Waals surface area contributed by atoms with E-state index in [1.807, 2.05) is 30.3 Å². The Morgan fingerprint density at radius 3 is 2.71 bits per heavy atom.